The Bertz CT molecular complexity index is 1110. The molecule has 0 saturated heterocycles. The molecule has 0 fully saturated rings. The summed E-state index contributed by atoms with van der Waals surface area (Å²) in [5, 5.41) is 12.2. The molecule has 1 amide bonds. The van der Waals surface area contributed by atoms with Crippen LogP contribution in [0.4, 0.5) is 11.6 Å². The minimum absolute atomic E-state index is 0. The number of carboxylic acid groups (broad SMARTS) is 1. The van der Waals surface area contributed by atoms with Gasteiger partial charge < -0.3 is 16.7 Å². The Morgan fingerprint density at radius 1 is 1.09 bits per heavy atom. The number of halogens is 2. The van der Waals surface area contributed by atoms with Gasteiger partial charge >= 0.3 is 35.5 Å². The predicted octanol–water partition coefficient (Wildman–Crippen LogP) is 1.95. The van der Waals surface area contributed by atoms with E-state index < -0.39 is 17.9 Å². The van der Waals surface area contributed by atoms with Crippen LogP contribution in [0.5, 0.6) is 0 Å². The maximum absolute atomic E-state index is 12.5. The first-order chi connectivity index (χ1) is 15.4. The third-order valence-electron chi connectivity index (χ3n) is 4.61. The fourth-order valence-corrected chi connectivity index (χ4v) is 3.46. The van der Waals surface area contributed by atoms with Crippen LogP contribution in [-0.4, -0.2) is 40.0 Å². The van der Waals surface area contributed by atoms with Crippen LogP contribution in [0.25, 0.3) is 6.08 Å². The average molecular weight is 495 g/mol. The van der Waals surface area contributed by atoms with Gasteiger partial charge in [-0.05, 0) is 42.3 Å². The van der Waals surface area contributed by atoms with Gasteiger partial charge in [0.25, 0.3) is 5.91 Å². The van der Waals surface area contributed by atoms with Gasteiger partial charge in [-0.15, -0.1) is 0 Å². The summed E-state index contributed by atoms with van der Waals surface area (Å²) in [5.74, 6) is -1.22. The van der Waals surface area contributed by atoms with Crippen LogP contribution in [0.15, 0.2) is 67.0 Å². The topological polar surface area (TPSA) is 95.4 Å². The van der Waals surface area contributed by atoms with E-state index in [2.05, 4.69) is 15.3 Å². The fourth-order valence-electron chi connectivity index (χ4n) is 2.90. The summed E-state index contributed by atoms with van der Waals surface area (Å²) in [6.45, 7) is 0. The molecule has 0 spiro atoms. The summed E-state index contributed by atoms with van der Waals surface area (Å²) in [5.41, 5.74) is 1.83. The molecule has 0 bridgehead atoms. The normalized spacial score (nSPS) is 11.5. The van der Waals surface area contributed by atoms with Crippen LogP contribution < -0.4 is 39.8 Å². The molecule has 0 aliphatic carbocycles. The minimum Gasteiger partial charge on any atom is -1.00 e. The monoisotopic (exact) mass is 494 g/mol. The summed E-state index contributed by atoms with van der Waals surface area (Å²) >= 11 is 12.1. The third-order valence-corrected chi connectivity index (χ3v) is 5.24. The van der Waals surface area contributed by atoms with E-state index in [0.717, 1.165) is 11.3 Å². The molecule has 2 N–H and O–H groups in total. The molecule has 0 unspecified atom stereocenters. The molecule has 1 aromatic heterocycles. The molecular formula is C23H21Cl2N4NaO3. The molecule has 0 aliphatic rings. The molecule has 33 heavy (non-hydrogen) atoms. The van der Waals surface area contributed by atoms with Crippen LogP contribution in [0.3, 0.4) is 0 Å². The minimum atomic E-state index is -1.16. The molecule has 7 nitrogen and oxygen atoms in total. The molecule has 0 aliphatic heterocycles. The van der Waals surface area contributed by atoms with E-state index in [9.17, 15) is 14.7 Å². The molecule has 3 rings (SSSR count). The van der Waals surface area contributed by atoms with E-state index in [-0.39, 0.29) is 53.0 Å². The summed E-state index contributed by atoms with van der Waals surface area (Å²) in [7, 11) is 1.87. The second-order valence-electron chi connectivity index (χ2n) is 6.80. The van der Waals surface area contributed by atoms with Crippen molar-refractivity contribution in [2.24, 2.45) is 0 Å². The van der Waals surface area contributed by atoms with Crippen molar-refractivity contribution in [3.63, 3.8) is 0 Å². The Balaban J connectivity index is 0.00000289. The van der Waals surface area contributed by atoms with Gasteiger partial charge in [0.05, 0.1) is 15.6 Å². The predicted molar refractivity (Wildman–Crippen MR) is 127 cm³/mol. The van der Waals surface area contributed by atoms with Gasteiger partial charge in [0.2, 0.25) is 5.95 Å². The van der Waals surface area contributed by atoms with Crippen molar-refractivity contribution in [3.8, 4) is 0 Å². The van der Waals surface area contributed by atoms with Gasteiger partial charge in [-0.2, -0.15) is 0 Å². The average Bonchev–Trinajstić information content (AvgIpc) is 2.78. The van der Waals surface area contributed by atoms with Crippen LogP contribution in [0.1, 0.15) is 23.8 Å². The largest absolute Gasteiger partial charge is 1.00 e. The number of carboxylic acids is 1. The standard InChI is InChI=1S/C23H20Cl2N4O3.Na.H/c1-29(23-26-13-4-14-27-23)16-11-9-15(10-12-16)5-2-8-19(22(31)32)28-21(30)20-17(24)6-3-7-18(20)25;;/h2-7,9-14,19H,8H2,1H3,(H,28,30)(H,31,32);;/q;+1;-1/b5-2+;;/t19-;;/m0../s1. The second kappa shape index (κ2) is 12.7. The molecule has 166 valence electrons. The first kappa shape index (κ1) is 26.8. The van der Waals surface area contributed by atoms with E-state index in [0.29, 0.717) is 5.95 Å². The Hall–Kier alpha value is -2.42. The number of nitrogens with zero attached hydrogens (tertiary/aromatic N) is 3. The van der Waals surface area contributed by atoms with Gasteiger partial charge in [-0.3, -0.25) is 4.79 Å². The summed E-state index contributed by atoms with van der Waals surface area (Å²) < 4.78 is 0. The maximum Gasteiger partial charge on any atom is 1.00 e. The molecule has 0 saturated carbocycles. The second-order valence-corrected chi connectivity index (χ2v) is 7.61. The van der Waals surface area contributed by atoms with Crippen molar-refractivity contribution in [3.05, 3.63) is 88.2 Å². The smallest absolute Gasteiger partial charge is 1.00 e. The number of aliphatic carboxylic acids is 1. The molecule has 0 radical (unpaired) electrons. The van der Waals surface area contributed by atoms with E-state index in [1.54, 1.807) is 36.7 Å². The molecular weight excluding hydrogens is 474 g/mol. The quantitative estimate of drug-likeness (QED) is 0.464. The number of anilines is 2. The summed E-state index contributed by atoms with van der Waals surface area (Å²) in [6.07, 6.45) is 6.91. The van der Waals surface area contributed by atoms with E-state index in [1.165, 1.54) is 12.1 Å². The first-order valence-electron chi connectivity index (χ1n) is 9.62. The van der Waals surface area contributed by atoms with E-state index in [1.807, 2.05) is 36.2 Å². The van der Waals surface area contributed by atoms with Crippen molar-refractivity contribution in [2.75, 3.05) is 11.9 Å². The number of aromatic nitrogens is 2. The molecule has 2 aromatic carbocycles. The van der Waals surface area contributed by atoms with E-state index >= 15 is 0 Å². The SMILES string of the molecule is CN(c1ccc(/C=C/C[C@H](NC(=O)c2c(Cl)cccc2Cl)C(=O)O)cc1)c1ncccn1.[H-].[Na+]. The maximum atomic E-state index is 12.5. The van der Waals surface area contributed by atoms with Crippen molar-refractivity contribution in [2.45, 2.75) is 12.5 Å². The van der Waals surface area contributed by atoms with Gasteiger partial charge in [0.1, 0.15) is 6.04 Å². The van der Waals surface area contributed by atoms with Gasteiger partial charge in [-0.1, -0.05) is 53.6 Å². The number of rotatable bonds is 8. The molecule has 3 aromatic rings. The van der Waals surface area contributed by atoms with Crippen LogP contribution in [0.2, 0.25) is 10.0 Å². The number of carbonyl (C=O) groups excluding carboxylic acids is 1. The number of amides is 1. The molecule has 1 atom stereocenters. The number of nitrogens with one attached hydrogen (secondary N) is 1. The zero-order chi connectivity index (χ0) is 23.1. The van der Waals surface area contributed by atoms with Crippen LogP contribution in [0, 0.1) is 0 Å². The van der Waals surface area contributed by atoms with Crippen LogP contribution in [-0.2, 0) is 4.79 Å². The van der Waals surface area contributed by atoms with Crippen molar-refractivity contribution in [1.29, 1.82) is 0 Å². The Morgan fingerprint density at radius 2 is 1.70 bits per heavy atom. The fraction of sp³-hybridized carbons (Fsp3) is 0.130. The Labute approximate surface area is 225 Å². The Kier molecular flexibility index (Phi) is 10.3. The van der Waals surface area contributed by atoms with E-state index in [4.69, 9.17) is 23.2 Å². The van der Waals surface area contributed by atoms with Gasteiger partial charge in [0.15, 0.2) is 0 Å². The number of hydrogen-bond acceptors (Lipinski definition) is 5. The van der Waals surface area contributed by atoms with Gasteiger partial charge in [0, 0.05) is 25.1 Å². The van der Waals surface area contributed by atoms with Crippen LogP contribution >= 0.6 is 23.2 Å². The number of hydrogen-bond donors (Lipinski definition) is 2. The third kappa shape index (κ3) is 7.28. The number of benzene rings is 2. The first-order valence-corrected chi connectivity index (χ1v) is 10.4. The number of carbonyl (C=O) groups is 2. The molecule has 10 heteroatoms. The van der Waals surface area contributed by atoms with Gasteiger partial charge in [-0.25, -0.2) is 14.8 Å². The van der Waals surface area contributed by atoms with Crippen molar-refractivity contribution in [1.82, 2.24) is 15.3 Å². The Morgan fingerprint density at radius 3 is 2.27 bits per heavy atom. The zero-order valence-corrected chi connectivity index (χ0v) is 21.6. The summed E-state index contributed by atoms with van der Waals surface area (Å²) in [4.78, 5) is 34.3. The van der Waals surface area contributed by atoms with Crippen molar-refractivity contribution >= 4 is 52.8 Å². The van der Waals surface area contributed by atoms with Crippen molar-refractivity contribution < 1.29 is 45.7 Å². The summed E-state index contributed by atoms with van der Waals surface area (Å²) in [6, 6.07) is 12.9. The molecule has 1 heterocycles. The zero-order valence-electron chi connectivity index (χ0n) is 19.1.